The molecule has 2 aliphatic heterocycles. The first-order valence-corrected chi connectivity index (χ1v) is 10.6. The highest BCUT2D eigenvalue weighted by Crippen LogP contribution is 2.44. The van der Waals surface area contributed by atoms with E-state index in [4.69, 9.17) is 4.74 Å². The van der Waals surface area contributed by atoms with Crippen LogP contribution in [0.2, 0.25) is 0 Å². The molecule has 0 bridgehead atoms. The van der Waals surface area contributed by atoms with Crippen LogP contribution in [0.15, 0.2) is 6.33 Å². The summed E-state index contributed by atoms with van der Waals surface area (Å²) in [6, 6.07) is 0. The summed E-state index contributed by atoms with van der Waals surface area (Å²) >= 11 is 1.51. The third-order valence-electron chi connectivity index (χ3n) is 6.04. The standard InChI is InChI=1S/C19H26N6O3S/c1-12-13(2)29-17(25-11-20-21-22-25)15(12)16(26)24-7-5-19(6-8-24)9-14(10-23(3)4)28-18(19)27/h11,14H,5-10H2,1-4H3. The van der Waals surface area contributed by atoms with E-state index < -0.39 is 5.41 Å². The number of amides is 1. The number of likely N-dealkylation sites (N-methyl/N-ethyl adjacent to an activating group) is 1. The molecule has 2 aromatic heterocycles. The Bertz CT molecular complexity index is 915. The summed E-state index contributed by atoms with van der Waals surface area (Å²) in [5, 5.41) is 12.1. The van der Waals surface area contributed by atoms with E-state index in [9.17, 15) is 9.59 Å². The van der Waals surface area contributed by atoms with E-state index in [-0.39, 0.29) is 18.0 Å². The number of ether oxygens (including phenoxy) is 1. The summed E-state index contributed by atoms with van der Waals surface area (Å²) in [6.45, 7) is 5.78. The molecule has 9 nitrogen and oxygen atoms in total. The molecule has 0 N–H and O–H groups in total. The number of hydrogen-bond donors (Lipinski definition) is 0. The van der Waals surface area contributed by atoms with Gasteiger partial charge in [0.2, 0.25) is 0 Å². The average molecular weight is 419 g/mol. The fourth-order valence-corrected chi connectivity index (χ4v) is 5.39. The van der Waals surface area contributed by atoms with Crippen molar-refractivity contribution in [2.24, 2.45) is 5.41 Å². The van der Waals surface area contributed by atoms with Gasteiger partial charge in [-0.05, 0) is 56.8 Å². The second-order valence-electron chi connectivity index (χ2n) is 8.28. The van der Waals surface area contributed by atoms with E-state index in [1.165, 1.54) is 17.7 Å². The Morgan fingerprint density at radius 2 is 2.07 bits per heavy atom. The SMILES string of the molecule is Cc1sc(-n2cnnn2)c(C(=O)N2CCC3(CC2)CC(CN(C)C)OC3=O)c1C. The number of cyclic esters (lactones) is 1. The van der Waals surface area contributed by atoms with Crippen molar-refractivity contribution in [2.75, 3.05) is 33.7 Å². The summed E-state index contributed by atoms with van der Waals surface area (Å²) in [7, 11) is 3.96. The van der Waals surface area contributed by atoms with Crippen molar-refractivity contribution >= 4 is 23.2 Å². The Morgan fingerprint density at radius 1 is 1.34 bits per heavy atom. The largest absolute Gasteiger partial charge is 0.461 e. The lowest BCUT2D eigenvalue weighted by atomic mass is 9.76. The molecule has 0 saturated carbocycles. The maximum absolute atomic E-state index is 13.4. The molecule has 29 heavy (non-hydrogen) atoms. The van der Waals surface area contributed by atoms with Crippen LogP contribution in [-0.2, 0) is 9.53 Å². The maximum Gasteiger partial charge on any atom is 0.312 e. The van der Waals surface area contributed by atoms with Gasteiger partial charge in [0, 0.05) is 30.9 Å². The van der Waals surface area contributed by atoms with Crippen LogP contribution in [0.3, 0.4) is 0 Å². The number of carbonyl (C=O) groups excluding carboxylic acids is 2. The lowest BCUT2D eigenvalue weighted by molar-refractivity contribution is -0.150. The van der Waals surface area contributed by atoms with Gasteiger partial charge < -0.3 is 14.5 Å². The molecule has 0 aromatic carbocycles. The van der Waals surface area contributed by atoms with Crippen molar-refractivity contribution in [1.82, 2.24) is 30.0 Å². The zero-order valence-electron chi connectivity index (χ0n) is 17.2. The Kier molecular flexibility index (Phi) is 5.16. The van der Waals surface area contributed by atoms with E-state index in [1.807, 2.05) is 37.7 Å². The second-order valence-corrected chi connectivity index (χ2v) is 9.49. The van der Waals surface area contributed by atoms with Gasteiger partial charge in [-0.1, -0.05) is 0 Å². The lowest BCUT2D eigenvalue weighted by Gasteiger charge is -2.36. The average Bonchev–Trinajstić information content (AvgIpc) is 3.36. The minimum absolute atomic E-state index is 0.0246. The van der Waals surface area contributed by atoms with Crippen molar-refractivity contribution in [3.05, 3.63) is 22.3 Å². The number of thiophene rings is 1. The molecule has 156 valence electrons. The molecule has 0 radical (unpaired) electrons. The molecular formula is C19H26N6O3S. The molecule has 2 aliphatic rings. The van der Waals surface area contributed by atoms with Crippen LogP contribution in [0, 0.1) is 19.3 Å². The number of aryl methyl sites for hydroxylation is 1. The summed E-state index contributed by atoms with van der Waals surface area (Å²) in [5.41, 5.74) is 1.16. The summed E-state index contributed by atoms with van der Waals surface area (Å²) in [6.07, 6.45) is 3.46. The first-order valence-electron chi connectivity index (χ1n) is 9.79. The number of esters is 1. The minimum Gasteiger partial charge on any atom is -0.461 e. The van der Waals surface area contributed by atoms with E-state index in [1.54, 1.807) is 4.68 Å². The van der Waals surface area contributed by atoms with Gasteiger partial charge in [-0.3, -0.25) is 9.59 Å². The number of hydrogen-bond acceptors (Lipinski definition) is 8. The normalized spacial score (nSPS) is 21.2. The molecule has 2 fully saturated rings. The molecule has 1 spiro atoms. The van der Waals surface area contributed by atoms with Gasteiger partial charge in [0.25, 0.3) is 5.91 Å². The summed E-state index contributed by atoms with van der Waals surface area (Å²) < 4.78 is 7.17. The molecule has 4 heterocycles. The summed E-state index contributed by atoms with van der Waals surface area (Å²) in [4.78, 5) is 30.9. The van der Waals surface area contributed by atoms with Crippen molar-refractivity contribution in [1.29, 1.82) is 0 Å². The minimum atomic E-state index is -0.449. The molecular weight excluding hydrogens is 392 g/mol. The quantitative estimate of drug-likeness (QED) is 0.694. The van der Waals surface area contributed by atoms with Crippen LogP contribution in [-0.4, -0.2) is 81.7 Å². The molecule has 1 amide bonds. The molecule has 10 heteroatoms. The highest BCUT2D eigenvalue weighted by Gasteiger charge is 2.51. The first kappa shape index (κ1) is 20.0. The molecule has 4 rings (SSSR count). The Hall–Kier alpha value is -2.33. The van der Waals surface area contributed by atoms with Crippen molar-refractivity contribution in [3.8, 4) is 5.00 Å². The number of carbonyl (C=O) groups is 2. The zero-order chi connectivity index (χ0) is 20.8. The fourth-order valence-electron chi connectivity index (χ4n) is 4.33. The van der Waals surface area contributed by atoms with Crippen LogP contribution in [0.25, 0.3) is 5.00 Å². The fraction of sp³-hybridized carbons (Fsp3) is 0.632. The van der Waals surface area contributed by atoms with E-state index in [2.05, 4.69) is 15.5 Å². The smallest absolute Gasteiger partial charge is 0.312 e. The number of tetrazole rings is 1. The zero-order valence-corrected chi connectivity index (χ0v) is 18.0. The van der Waals surface area contributed by atoms with Gasteiger partial charge in [0.1, 0.15) is 17.4 Å². The van der Waals surface area contributed by atoms with Crippen molar-refractivity contribution in [2.45, 2.75) is 39.2 Å². The number of rotatable bonds is 4. The Balaban J connectivity index is 1.50. The predicted octanol–water partition coefficient (Wildman–Crippen LogP) is 1.44. The van der Waals surface area contributed by atoms with Crippen molar-refractivity contribution in [3.63, 3.8) is 0 Å². The third kappa shape index (κ3) is 3.55. The van der Waals surface area contributed by atoms with Gasteiger partial charge in [-0.15, -0.1) is 16.4 Å². The van der Waals surface area contributed by atoms with Gasteiger partial charge in [0.15, 0.2) is 0 Å². The number of piperidine rings is 1. The molecule has 2 saturated heterocycles. The van der Waals surface area contributed by atoms with Crippen LogP contribution in [0.1, 0.15) is 40.1 Å². The van der Waals surface area contributed by atoms with Crippen molar-refractivity contribution < 1.29 is 14.3 Å². The number of likely N-dealkylation sites (tertiary alicyclic amines) is 1. The Morgan fingerprint density at radius 3 is 2.69 bits per heavy atom. The van der Waals surface area contributed by atoms with Gasteiger partial charge in [-0.2, -0.15) is 4.68 Å². The van der Waals surface area contributed by atoms with Crippen LogP contribution >= 0.6 is 11.3 Å². The first-order chi connectivity index (χ1) is 13.8. The maximum atomic E-state index is 13.4. The van der Waals surface area contributed by atoms with E-state index >= 15 is 0 Å². The lowest BCUT2D eigenvalue weighted by Crippen LogP contribution is -2.45. The number of nitrogens with zero attached hydrogens (tertiary/aromatic N) is 6. The molecule has 2 aromatic rings. The monoisotopic (exact) mass is 418 g/mol. The summed E-state index contributed by atoms with van der Waals surface area (Å²) in [5.74, 6) is -0.128. The molecule has 1 atom stereocenters. The second kappa shape index (κ2) is 7.49. The van der Waals surface area contributed by atoms with E-state index in [0.717, 1.165) is 28.4 Å². The van der Waals surface area contributed by atoms with Gasteiger partial charge >= 0.3 is 5.97 Å². The van der Waals surface area contributed by atoms with Gasteiger partial charge in [-0.25, -0.2) is 0 Å². The van der Waals surface area contributed by atoms with Gasteiger partial charge in [0.05, 0.1) is 11.0 Å². The molecule has 1 unspecified atom stereocenters. The van der Waals surface area contributed by atoms with Crippen LogP contribution in [0.5, 0.6) is 0 Å². The molecule has 0 aliphatic carbocycles. The predicted molar refractivity (Wildman–Crippen MR) is 107 cm³/mol. The van der Waals surface area contributed by atoms with E-state index in [0.29, 0.717) is 31.5 Å². The highest BCUT2D eigenvalue weighted by molar-refractivity contribution is 7.15. The Labute approximate surface area is 173 Å². The number of aromatic nitrogens is 4. The highest BCUT2D eigenvalue weighted by atomic mass is 32.1. The topological polar surface area (TPSA) is 93.5 Å². The van der Waals surface area contributed by atoms with Crippen LogP contribution < -0.4 is 0 Å². The van der Waals surface area contributed by atoms with Crippen LogP contribution in [0.4, 0.5) is 0 Å². The third-order valence-corrected chi connectivity index (χ3v) is 7.24.